The average molecular weight is 249 g/mol. The van der Waals surface area contributed by atoms with E-state index in [9.17, 15) is 4.79 Å². The standard InChI is InChI=1S/C13H19N3O2/c1-10-9-16(5-6-18-10)13(17)15-12-4-2-3-11(7-12)8-14/h2-4,7,10H,5-6,8-9,14H2,1H3,(H,15,17). The summed E-state index contributed by atoms with van der Waals surface area (Å²) in [6, 6.07) is 7.49. The maximum absolute atomic E-state index is 12.0. The minimum Gasteiger partial charge on any atom is -0.375 e. The summed E-state index contributed by atoms with van der Waals surface area (Å²) in [5.74, 6) is 0. The molecule has 1 aromatic rings. The van der Waals surface area contributed by atoms with E-state index in [-0.39, 0.29) is 12.1 Å². The van der Waals surface area contributed by atoms with Crippen LogP contribution >= 0.6 is 0 Å². The van der Waals surface area contributed by atoms with E-state index in [1.165, 1.54) is 0 Å². The molecular weight excluding hydrogens is 230 g/mol. The van der Waals surface area contributed by atoms with Crippen LogP contribution < -0.4 is 11.1 Å². The molecule has 0 bridgehead atoms. The highest BCUT2D eigenvalue weighted by Gasteiger charge is 2.21. The van der Waals surface area contributed by atoms with Crippen molar-refractivity contribution in [2.45, 2.75) is 19.6 Å². The lowest BCUT2D eigenvalue weighted by Crippen LogP contribution is -2.46. The smallest absolute Gasteiger partial charge is 0.322 e. The van der Waals surface area contributed by atoms with Crippen molar-refractivity contribution < 1.29 is 9.53 Å². The predicted molar refractivity (Wildman–Crippen MR) is 70.3 cm³/mol. The van der Waals surface area contributed by atoms with E-state index in [1.807, 2.05) is 31.2 Å². The molecule has 2 amide bonds. The molecule has 1 unspecified atom stereocenters. The van der Waals surface area contributed by atoms with Gasteiger partial charge in [0.1, 0.15) is 0 Å². The zero-order valence-corrected chi connectivity index (χ0v) is 10.6. The molecule has 1 atom stereocenters. The average Bonchev–Trinajstić information content (AvgIpc) is 2.39. The van der Waals surface area contributed by atoms with E-state index in [2.05, 4.69) is 5.32 Å². The molecule has 18 heavy (non-hydrogen) atoms. The van der Waals surface area contributed by atoms with Gasteiger partial charge in [0.05, 0.1) is 12.7 Å². The van der Waals surface area contributed by atoms with Gasteiger partial charge < -0.3 is 20.7 Å². The second-order valence-electron chi connectivity index (χ2n) is 4.46. The summed E-state index contributed by atoms with van der Waals surface area (Å²) in [5, 5.41) is 2.88. The van der Waals surface area contributed by atoms with Gasteiger partial charge in [0.15, 0.2) is 0 Å². The van der Waals surface area contributed by atoms with Gasteiger partial charge in [-0.3, -0.25) is 0 Å². The summed E-state index contributed by atoms with van der Waals surface area (Å²) in [7, 11) is 0. The normalized spacial score (nSPS) is 19.7. The maximum atomic E-state index is 12.0. The van der Waals surface area contributed by atoms with Gasteiger partial charge in [-0.25, -0.2) is 4.79 Å². The van der Waals surface area contributed by atoms with Gasteiger partial charge in [0, 0.05) is 25.3 Å². The van der Waals surface area contributed by atoms with Crippen molar-refractivity contribution in [1.82, 2.24) is 4.90 Å². The van der Waals surface area contributed by atoms with Gasteiger partial charge >= 0.3 is 6.03 Å². The molecule has 1 fully saturated rings. The lowest BCUT2D eigenvalue weighted by atomic mass is 10.2. The van der Waals surface area contributed by atoms with E-state index in [1.54, 1.807) is 4.90 Å². The summed E-state index contributed by atoms with van der Waals surface area (Å²) < 4.78 is 5.41. The van der Waals surface area contributed by atoms with Crippen LogP contribution in [0.3, 0.4) is 0 Å². The summed E-state index contributed by atoms with van der Waals surface area (Å²) >= 11 is 0. The molecule has 0 aromatic heterocycles. The molecule has 3 N–H and O–H groups in total. The third kappa shape index (κ3) is 3.21. The van der Waals surface area contributed by atoms with Crippen LogP contribution in [0.2, 0.25) is 0 Å². The van der Waals surface area contributed by atoms with Crippen LogP contribution in [-0.4, -0.2) is 36.7 Å². The number of hydrogen-bond acceptors (Lipinski definition) is 3. The Morgan fingerprint density at radius 3 is 3.17 bits per heavy atom. The van der Waals surface area contributed by atoms with E-state index < -0.39 is 0 Å². The van der Waals surface area contributed by atoms with Crippen LogP contribution in [0.4, 0.5) is 10.5 Å². The zero-order chi connectivity index (χ0) is 13.0. The van der Waals surface area contributed by atoms with Crippen molar-refractivity contribution in [2.24, 2.45) is 5.73 Å². The molecule has 1 aliphatic rings. The van der Waals surface area contributed by atoms with E-state index in [0.29, 0.717) is 26.2 Å². The zero-order valence-electron chi connectivity index (χ0n) is 10.6. The van der Waals surface area contributed by atoms with Crippen molar-refractivity contribution in [2.75, 3.05) is 25.0 Å². The number of nitrogens with zero attached hydrogens (tertiary/aromatic N) is 1. The molecule has 98 valence electrons. The number of rotatable bonds is 2. The molecule has 1 aromatic carbocycles. The lowest BCUT2D eigenvalue weighted by Gasteiger charge is -2.31. The fourth-order valence-corrected chi connectivity index (χ4v) is 1.98. The van der Waals surface area contributed by atoms with Crippen molar-refractivity contribution in [3.63, 3.8) is 0 Å². The summed E-state index contributed by atoms with van der Waals surface area (Å²) in [6.07, 6.45) is 0.0971. The van der Waals surface area contributed by atoms with E-state index >= 15 is 0 Å². The van der Waals surface area contributed by atoms with Crippen LogP contribution in [0.1, 0.15) is 12.5 Å². The third-order valence-corrected chi connectivity index (χ3v) is 2.94. The van der Waals surface area contributed by atoms with Crippen LogP contribution in [0.25, 0.3) is 0 Å². The summed E-state index contributed by atoms with van der Waals surface area (Å²) in [6.45, 7) is 4.29. The molecular formula is C13H19N3O2. The molecule has 0 spiro atoms. The molecule has 2 rings (SSSR count). The first-order valence-corrected chi connectivity index (χ1v) is 6.15. The fourth-order valence-electron chi connectivity index (χ4n) is 1.98. The van der Waals surface area contributed by atoms with Gasteiger partial charge in [-0.05, 0) is 24.6 Å². The number of benzene rings is 1. The molecule has 1 heterocycles. The quantitative estimate of drug-likeness (QED) is 0.832. The Balaban J connectivity index is 1.97. The minimum atomic E-state index is -0.0840. The molecule has 0 radical (unpaired) electrons. The van der Waals surface area contributed by atoms with E-state index in [4.69, 9.17) is 10.5 Å². The highest BCUT2D eigenvalue weighted by Crippen LogP contribution is 2.12. The highest BCUT2D eigenvalue weighted by molar-refractivity contribution is 5.89. The van der Waals surface area contributed by atoms with Gasteiger partial charge in [-0.2, -0.15) is 0 Å². The van der Waals surface area contributed by atoms with Crippen LogP contribution in [0.5, 0.6) is 0 Å². The Bertz CT molecular complexity index is 422. The van der Waals surface area contributed by atoms with Gasteiger partial charge in [0.25, 0.3) is 0 Å². The topological polar surface area (TPSA) is 67.6 Å². The summed E-state index contributed by atoms with van der Waals surface area (Å²) in [4.78, 5) is 13.8. The number of ether oxygens (including phenoxy) is 1. The molecule has 1 aliphatic heterocycles. The van der Waals surface area contributed by atoms with Crippen LogP contribution in [0, 0.1) is 0 Å². The van der Waals surface area contributed by atoms with Crippen molar-refractivity contribution in [3.8, 4) is 0 Å². The number of urea groups is 1. The Labute approximate surface area is 107 Å². The predicted octanol–water partition coefficient (Wildman–Crippen LogP) is 1.40. The van der Waals surface area contributed by atoms with E-state index in [0.717, 1.165) is 11.3 Å². The second-order valence-corrected chi connectivity index (χ2v) is 4.46. The van der Waals surface area contributed by atoms with Gasteiger partial charge in [-0.1, -0.05) is 12.1 Å². The molecule has 0 aliphatic carbocycles. The first kappa shape index (κ1) is 12.9. The van der Waals surface area contributed by atoms with Crippen molar-refractivity contribution in [1.29, 1.82) is 0 Å². The van der Waals surface area contributed by atoms with Crippen LogP contribution in [-0.2, 0) is 11.3 Å². The van der Waals surface area contributed by atoms with Gasteiger partial charge in [-0.15, -0.1) is 0 Å². The lowest BCUT2D eigenvalue weighted by molar-refractivity contribution is -0.00138. The SMILES string of the molecule is CC1CN(C(=O)Nc2cccc(CN)c2)CCO1. The number of amides is 2. The fraction of sp³-hybridized carbons (Fsp3) is 0.462. The van der Waals surface area contributed by atoms with Crippen LogP contribution in [0.15, 0.2) is 24.3 Å². The molecule has 5 nitrogen and oxygen atoms in total. The van der Waals surface area contributed by atoms with Gasteiger partial charge in [0.2, 0.25) is 0 Å². The maximum Gasteiger partial charge on any atom is 0.322 e. The Morgan fingerprint density at radius 1 is 1.61 bits per heavy atom. The monoisotopic (exact) mass is 249 g/mol. The minimum absolute atomic E-state index is 0.0840. The second kappa shape index (κ2) is 5.84. The summed E-state index contributed by atoms with van der Waals surface area (Å²) in [5.41, 5.74) is 7.35. The number of nitrogens with one attached hydrogen (secondary N) is 1. The number of hydrogen-bond donors (Lipinski definition) is 2. The first-order chi connectivity index (χ1) is 8.69. The third-order valence-electron chi connectivity index (χ3n) is 2.94. The number of nitrogens with two attached hydrogens (primary N) is 1. The number of carbonyl (C=O) groups is 1. The highest BCUT2D eigenvalue weighted by atomic mass is 16.5. The number of carbonyl (C=O) groups excluding carboxylic acids is 1. The number of anilines is 1. The molecule has 5 heteroatoms. The van der Waals surface area contributed by atoms with Crippen molar-refractivity contribution >= 4 is 11.7 Å². The number of morpholine rings is 1. The largest absolute Gasteiger partial charge is 0.375 e. The Hall–Kier alpha value is -1.59. The Kier molecular flexibility index (Phi) is 4.17. The van der Waals surface area contributed by atoms with Crippen molar-refractivity contribution in [3.05, 3.63) is 29.8 Å². The first-order valence-electron chi connectivity index (χ1n) is 6.15. The molecule has 0 saturated carbocycles. The molecule has 1 saturated heterocycles. The Morgan fingerprint density at radius 2 is 2.44 bits per heavy atom.